The van der Waals surface area contributed by atoms with Crippen LogP contribution in [0.2, 0.25) is 0 Å². The molecule has 0 aliphatic heterocycles. The number of aliphatic hydroxyl groups excluding tert-OH is 1. The third-order valence-electron chi connectivity index (χ3n) is 2.41. The summed E-state index contributed by atoms with van der Waals surface area (Å²) in [5.41, 5.74) is 0.509. The number of hydrogen-bond donors (Lipinski definition) is 1. The van der Waals surface area contributed by atoms with Gasteiger partial charge in [-0.25, -0.2) is 9.37 Å². The molecule has 0 aliphatic carbocycles. The predicted octanol–water partition coefficient (Wildman–Crippen LogP) is 3.58. The second-order valence-electron chi connectivity index (χ2n) is 3.92. The van der Waals surface area contributed by atoms with Gasteiger partial charge in [-0.05, 0) is 17.7 Å². The monoisotopic (exact) mass is 291 g/mol. The van der Waals surface area contributed by atoms with Crippen molar-refractivity contribution < 1.29 is 22.7 Å². The summed E-state index contributed by atoms with van der Waals surface area (Å²) in [7, 11) is 0. The van der Waals surface area contributed by atoms with Gasteiger partial charge < -0.3 is 5.11 Å². The van der Waals surface area contributed by atoms with E-state index in [4.69, 9.17) is 0 Å². The summed E-state index contributed by atoms with van der Waals surface area (Å²) in [6.07, 6.45) is -4.61. The van der Waals surface area contributed by atoms with Gasteiger partial charge in [0.15, 0.2) is 5.01 Å². The summed E-state index contributed by atoms with van der Waals surface area (Å²) in [6, 6.07) is 5.56. The zero-order valence-corrected chi connectivity index (χ0v) is 10.3. The number of nitrogens with zero attached hydrogens (tertiary/aromatic N) is 1. The van der Waals surface area contributed by atoms with Crippen LogP contribution in [-0.4, -0.2) is 10.1 Å². The first kappa shape index (κ1) is 14.0. The first-order chi connectivity index (χ1) is 8.86. The topological polar surface area (TPSA) is 33.1 Å². The van der Waals surface area contributed by atoms with E-state index in [-0.39, 0.29) is 11.3 Å². The lowest BCUT2D eigenvalue weighted by Crippen LogP contribution is -2.03. The largest absolute Gasteiger partial charge is 0.443 e. The van der Waals surface area contributed by atoms with Crippen LogP contribution in [0.5, 0.6) is 0 Å². The highest BCUT2D eigenvalue weighted by molar-refractivity contribution is 7.11. The molecule has 1 unspecified atom stereocenters. The lowest BCUT2D eigenvalue weighted by atomic mass is 10.1. The molecule has 1 aromatic heterocycles. The molecule has 1 atom stereocenters. The van der Waals surface area contributed by atoms with Crippen LogP contribution in [0.15, 0.2) is 30.5 Å². The molecule has 0 spiro atoms. The summed E-state index contributed by atoms with van der Waals surface area (Å²) >= 11 is 0.392. The van der Waals surface area contributed by atoms with E-state index in [1.807, 2.05) is 0 Å². The number of aromatic nitrogens is 1. The highest BCUT2D eigenvalue weighted by Gasteiger charge is 2.35. The Morgan fingerprint density at radius 1 is 1.32 bits per heavy atom. The molecule has 0 aliphatic rings. The molecule has 7 heteroatoms. The first-order valence-electron chi connectivity index (χ1n) is 5.31. The Morgan fingerprint density at radius 3 is 2.63 bits per heavy atom. The number of halogens is 4. The van der Waals surface area contributed by atoms with Crippen molar-refractivity contribution in [3.8, 4) is 0 Å². The van der Waals surface area contributed by atoms with E-state index in [1.54, 1.807) is 6.07 Å². The smallest absolute Gasteiger partial charge is 0.387 e. The highest BCUT2D eigenvalue weighted by atomic mass is 32.1. The van der Waals surface area contributed by atoms with Crippen molar-refractivity contribution in [1.82, 2.24) is 4.98 Å². The Bertz CT molecular complexity index is 567. The predicted molar refractivity (Wildman–Crippen MR) is 62.2 cm³/mol. The molecule has 2 aromatic rings. The molecule has 0 saturated heterocycles. The summed E-state index contributed by atoms with van der Waals surface area (Å²) in [5.74, 6) is -0.454. The zero-order valence-electron chi connectivity index (χ0n) is 9.49. The Labute approximate surface area is 110 Å². The SMILES string of the molecule is OC(Cc1cccc(F)c1)c1cnc(C(F)(F)F)s1. The van der Waals surface area contributed by atoms with Crippen molar-refractivity contribution in [1.29, 1.82) is 0 Å². The van der Waals surface area contributed by atoms with E-state index >= 15 is 0 Å². The van der Waals surface area contributed by atoms with E-state index < -0.39 is 23.1 Å². The van der Waals surface area contributed by atoms with Crippen LogP contribution in [0.1, 0.15) is 21.6 Å². The van der Waals surface area contributed by atoms with Crippen molar-refractivity contribution in [2.75, 3.05) is 0 Å². The molecule has 0 radical (unpaired) electrons. The van der Waals surface area contributed by atoms with Gasteiger partial charge in [-0.3, -0.25) is 0 Å². The quantitative estimate of drug-likeness (QED) is 0.877. The fourth-order valence-corrected chi connectivity index (χ4v) is 2.33. The Hall–Kier alpha value is -1.47. The molecule has 1 N–H and O–H groups in total. The van der Waals surface area contributed by atoms with E-state index in [0.29, 0.717) is 16.9 Å². The summed E-state index contributed by atoms with van der Waals surface area (Å²) in [5, 5.41) is 8.83. The molecule has 2 rings (SSSR count). The van der Waals surface area contributed by atoms with E-state index in [0.717, 1.165) is 6.20 Å². The second kappa shape index (κ2) is 5.26. The standard InChI is InChI=1S/C12H9F4NOS/c13-8-3-1-2-7(4-8)5-9(18)10-6-17-11(19-10)12(14,15)16/h1-4,6,9,18H,5H2. The third kappa shape index (κ3) is 3.51. The Balaban J connectivity index is 2.12. The maximum Gasteiger partial charge on any atom is 0.443 e. The Morgan fingerprint density at radius 2 is 2.05 bits per heavy atom. The summed E-state index contributed by atoms with van der Waals surface area (Å²) in [6.45, 7) is 0. The van der Waals surface area contributed by atoms with E-state index in [1.165, 1.54) is 18.2 Å². The zero-order chi connectivity index (χ0) is 14.0. The van der Waals surface area contributed by atoms with Gasteiger partial charge in [-0.1, -0.05) is 12.1 Å². The van der Waals surface area contributed by atoms with Crippen LogP contribution >= 0.6 is 11.3 Å². The maximum atomic E-state index is 12.9. The van der Waals surface area contributed by atoms with Gasteiger partial charge in [0.05, 0.1) is 11.0 Å². The molecule has 0 fully saturated rings. The fraction of sp³-hybridized carbons (Fsp3) is 0.250. The summed E-state index contributed by atoms with van der Waals surface area (Å²) in [4.78, 5) is 3.34. The molecule has 19 heavy (non-hydrogen) atoms. The first-order valence-corrected chi connectivity index (χ1v) is 6.13. The number of thiazole rings is 1. The Kier molecular flexibility index (Phi) is 3.86. The van der Waals surface area contributed by atoms with Crippen LogP contribution in [0, 0.1) is 5.82 Å². The van der Waals surface area contributed by atoms with Crippen LogP contribution in [0.3, 0.4) is 0 Å². The fourth-order valence-electron chi connectivity index (χ4n) is 1.56. The van der Waals surface area contributed by atoms with E-state index in [2.05, 4.69) is 4.98 Å². The minimum atomic E-state index is -4.51. The number of benzene rings is 1. The minimum absolute atomic E-state index is 0.0389. The van der Waals surface area contributed by atoms with Gasteiger partial charge >= 0.3 is 6.18 Å². The maximum absolute atomic E-state index is 12.9. The van der Waals surface area contributed by atoms with Crippen molar-refractivity contribution in [3.05, 3.63) is 51.7 Å². The molecular formula is C12H9F4NOS. The van der Waals surface area contributed by atoms with Crippen molar-refractivity contribution in [2.24, 2.45) is 0 Å². The van der Waals surface area contributed by atoms with Crippen LogP contribution in [0.4, 0.5) is 17.6 Å². The van der Waals surface area contributed by atoms with Crippen molar-refractivity contribution in [2.45, 2.75) is 18.7 Å². The van der Waals surface area contributed by atoms with Crippen molar-refractivity contribution >= 4 is 11.3 Å². The van der Waals surface area contributed by atoms with Gasteiger partial charge in [0, 0.05) is 12.6 Å². The van der Waals surface area contributed by atoms with Crippen LogP contribution < -0.4 is 0 Å². The normalized spacial score (nSPS) is 13.5. The van der Waals surface area contributed by atoms with Crippen molar-refractivity contribution in [3.63, 3.8) is 0 Å². The number of rotatable bonds is 3. The molecule has 2 nitrogen and oxygen atoms in total. The van der Waals surface area contributed by atoms with Gasteiger partial charge in [0.2, 0.25) is 0 Å². The van der Waals surface area contributed by atoms with Crippen LogP contribution in [-0.2, 0) is 12.6 Å². The van der Waals surface area contributed by atoms with Gasteiger partial charge in [0.25, 0.3) is 0 Å². The highest BCUT2D eigenvalue weighted by Crippen LogP contribution is 2.35. The molecule has 0 saturated carbocycles. The van der Waals surface area contributed by atoms with Gasteiger partial charge in [-0.2, -0.15) is 13.2 Å². The molecule has 0 amide bonds. The minimum Gasteiger partial charge on any atom is -0.387 e. The van der Waals surface area contributed by atoms with Gasteiger partial charge in [-0.15, -0.1) is 11.3 Å². The summed E-state index contributed by atoms with van der Waals surface area (Å²) < 4.78 is 50.0. The molecule has 102 valence electrons. The average Bonchev–Trinajstić information content (AvgIpc) is 2.77. The average molecular weight is 291 g/mol. The lowest BCUT2D eigenvalue weighted by molar-refractivity contribution is -0.137. The molecule has 1 heterocycles. The van der Waals surface area contributed by atoms with Crippen LogP contribution in [0.25, 0.3) is 0 Å². The second-order valence-corrected chi connectivity index (χ2v) is 4.98. The number of hydrogen-bond acceptors (Lipinski definition) is 3. The van der Waals surface area contributed by atoms with E-state index in [9.17, 15) is 22.7 Å². The number of alkyl halides is 3. The molecule has 0 bridgehead atoms. The lowest BCUT2D eigenvalue weighted by Gasteiger charge is -2.08. The number of aliphatic hydroxyl groups is 1. The van der Waals surface area contributed by atoms with Gasteiger partial charge in [0.1, 0.15) is 5.82 Å². The molecular weight excluding hydrogens is 282 g/mol. The molecule has 1 aromatic carbocycles. The third-order valence-corrected chi connectivity index (χ3v) is 3.56.